The van der Waals surface area contributed by atoms with Crippen molar-refractivity contribution in [3.05, 3.63) is 58.2 Å². The van der Waals surface area contributed by atoms with Gasteiger partial charge in [0.2, 0.25) is 0 Å². The predicted octanol–water partition coefficient (Wildman–Crippen LogP) is 4.66. The minimum Gasteiger partial charge on any atom is -0.497 e. The Kier molecular flexibility index (Phi) is 4.93. The van der Waals surface area contributed by atoms with E-state index in [2.05, 4.69) is 4.90 Å². The van der Waals surface area contributed by atoms with Crippen LogP contribution < -0.4 is 9.64 Å². The van der Waals surface area contributed by atoms with Crippen molar-refractivity contribution in [2.45, 2.75) is 0 Å². The summed E-state index contributed by atoms with van der Waals surface area (Å²) in [5, 5.41) is 1.37. The third kappa shape index (κ3) is 3.47. The summed E-state index contributed by atoms with van der Waals surface area (Å²) in [6.07, 6.45) is 0. The van der Waals surface area contributed by atoms with Gasteiger partial charge in [-0.2, -0.15) is 0 Å². The highest BCUT2D eigenvalue weighted by Crippen LogP contribution is 2.38. The number of carbonyl (C=O) groups is 1. The quantitative estimate of drug-likeness (QED) is 0.636. The summed E-state index contributed by atoms with van der Waals surface area (Å²) >= 11 is 7.88. The molecule has 7 heteroatoms. The number of ether oxygens (including phenoxy) is 1. The summed E-state index contributed by atoms with van der Waals surface area (Å²) in [5.74, 6) is 0.454. The number of amides is 1. The molecule has 4 nitrogen and oxygen atoms in total. The molecular weight excluding hydrogens is 387 g/mol. The minimum atomic E-state index is -0.247. The predicted molar refractivity (Wildman–Crippen MR) is 108 cm³/mol. The van der Waals surface area contributed by atoms with Crippen LogP contribution in [-0.4, -0.2) is 44.1 Å². The SMILES string of the molecule is COc1ccc2c(Cl)c(C(=O)N3CCN(c4ccc(F)cc4)CC3)sc2c1. The summed E-state index contributed by atoms with van der Waals surface area (Å²) in [6.45, 7) is 2.61. The average Bonchev–Trinajstić information content (AvgIpc) is 3.04. The van der Waals surface area contributed by atoms with Gasteiger partial charge in [0.15, 0.2) is 0 Å². The van der Waals surface area contributed by atoms with E-state index in [0.29, 0.717) is 36.1 Å². The van der Waals surface area contributed by atoms with Gasteiger partial charge in [-0.15, -0.1) is 11.3 Å². The van der Waals surface area contributed by atoms with Crippen LogP contribution in [-0.2, 0) is 0 Å². The Morgan fingerprint density at radius 3 is 2.48 bits per heavy atom. The number of fused-ring (bicyclic) bond motifs is 1. The molecule has 1 saturated heterocycles. The zero-order valence-corrected chi connectivity index (χ0v) is 16.3. The minimum absolute atomic E-state index is 0.0427. The lowest BCUT2D eigenvalue weighted by Crippen LogP contribution is -2.48. The average molecular weight is 405 g/mol. The molecule has 0 unspecified atom stereocenters. The number of methoxy groups -OCH3 is 1. The van der Waals surface area contributed by atoms with Crippen molar-refractivity contribution in [1.29, 1.82) is 0 Å². The number of rotatable bonds is 3. The van der Waals surface area contributed by atoms with E-state index in [1.807, 2.05) is 23.1 Å². The molecule has 1 aromatic heterocycles. The molecule has 0 aliphatic carbocycles. The van der Waals surface area contributed by atoms with Gasteiger partial charge in [-0.25, -0.2) is 4.39 Å². The smallest absolute Gasteiger partial charge is 0.265 e. The highest BCUT2D eigenvalue weighted by molar-refractivity contribution is 7.21. The number of hydrogen-bond acceptors (Lipinski definition) is 4. The zero-order valence-electron chi connectivity index (χ0n) is 14.7. The Hall–Kier alpha value is -2.31. The molecule has 2 heterocycles. The summed E-state index contributed by atoms with van der Waals surface area (Å²) in [4.78, 5) is 17.5. The van der Waals surface area contributed by atoms with E-state index >= 15 is 0 Å². The fourth-order valence-corrected chi connectivity index (χ4v) is 4.78. The molecule has 0 atom stereocenters. The number of thiophene rings is 1. The molecule has 0 N–H and O–H groups in total. The van der Waals surface area contributed by atoms with Crippen LogP contribution in [0.15, 0.2) is 42.5 Å². The molecule has 27 heavy (non-hydrogen) atoms. The Balaban J connectivity index is 1.50. The number of anilines is 1. The van der Waals surface area contributed by atoms with Crippen molar-refractivity contribution >= 4 is 44.6 Å². The molecule has 3 aromatic rings. The molecule has 2 aromatic carbocycles. The van der Waals surface area contributed by atoms with E-state index in [0.717, 1.165) is 21.5 Å². The molecule has 0 radical (unpaired) electrons. The second kappa shape index (κ2) is 7.37. The molecule has 0 bridgehead atoms. The molecule has 140 valence electrons. The van der Waals surface area contributed by atoms with E-state index in [9.17, 15) is 9.18 Å². The maximum Gasteiger partial charge on any atom is 0.265 e. The van der Waals surface area contributed by atoms with Crippen LogP contribution in [0, 0.1) is 5.82 Å². The maximum atomic E-state index is 13.1. The number of carbonyl (C=O) groups excluding carboxylic acids is 1. The first-order valence-electron chi connectivity index (χ1n) is 8.62. The van der Waals surface area contributed by atoms with Crippen LogP contribution in [0.5, 0.6) is 5.75 Å². The Morgan fingerprint density at radius 2 is 1.81 bits per heavy atom. The first-order valence-corrected chi connectivity index (χ1v) is 9.82. The molecule has 4 rings (SSSR count). The Labute approximate surface area is 165 Å². The lowest BCUT2D eigenvalue weighted by atomic mass is 10.2. The van der Waals surface area contributed by atoms with Crippen molar-refractivity contribution in [2.75, 3.05) is 38.2 Å². The van der Waals surface area contributed by atoms with Gasteiger partial charge in [0.1, 0.15) is 16.4 Å². The molecule has 1 aliphatic heterocycles. The Bertz CT molecular complexity index is 982. The highest BCUT2D eigenvalue weighted by Gasteiger charge is 2.26. The number of benzene rings is 2. The first-order chi connectivity index (χ1) is 13.1. The molecule has 0 saturated carbocycles. The van der Waals surface area contributed by atoms with E-state index in [4.69, 9.17) is 16.3 Å². The van der Waals surface area contributed by atoms with Gasteiger partial charge in [0.25, 0.3) is 5.91 Å². The number of hydrogen-bond donors (Lipinski definition) is 0. The normalized spacial score (nSPS) is 14.6. The number of nitrogens with zero attached hydrogens (tertiary/aromatic N) is 2. The summed E-state index contributed by atoms with van der Waals surface area (Å²) in [7, 11) is 1.61. The fraction of sp³-hybridized carbons (Fsp3) is 0.250. The van der Waals surface area contributed by atoms with Gasteiger partial charge in [-0.3, -0.25) is 4.79 Å². The van der Waals surface area contributed by atoms with Crippen LogP contribution in [0.3, 0.4) is 0 Å². The van der Waals surface area contributed by atoms with E-state index in [1.165, 1.54) is 23.5 Å². The first kappa shape index (κ1) is 18.1. The monoisotopic (exact) mass is 404 g/mol. The molecule has 0 spiro atoms. The van der Waals surface area contributed by atoms with E-state index < -0.39 is 0 Å². The summed E-state index contributed by atoms with van der Waals surface area (Å²) in [5.41, 5.74) is 0.968. The topological polar surface area (TPSA) is 32.8 Å². The largest absolute Gasteiger partial charge is 0.497 e. The fourth-order valence-electron chi connectivity index (χ4n) is 3.27. The molecular formula is C20H18ClFN2O2S. The second-order valence-electron chi connectivity index (χ2n) is 6.36. The van der Waals surface area contributed by atoms with Crippen LogP contribution >= 0.6 is 22.9 Å². The van der Waals surface area contributed by atoms with Crippen molar-refractivity contribution in [1.82, 2.24) is 4.90 Å². The van der Waals surface area contributed by atoms with Crippen molar-refractivity contribution in [2.24, 2.45) is 0 Å². The van der Waals surface area contributed by atoms with E-state index in [-0.39, 0.29) is 11.7 Å². The van der Waals surface area contributed by atoms with E-state index in [1.54, 1.807) is 19.2 Å². The molecule has 1 fully saturated rings. The van der Waals surface area contributed by atoms with Crippen LogP contribution in [0.4, 0.5) is 10.1 Å². The molecule has 1 amide bonds. The van der Waals surface area contributed by atoms with Gasteiger partial charge in [0.05, 0.1) is 12.1 Å². The number of piperazine rings is 1. The summed E-state index contributed by atoms with van der Waals surface area (Å²) in [6, 6.07) is 12.1. The Morgan fingerprint density at radius 1 is 1.11 bits per heavy atom. The summed E-state index contributed by atoms with van der Waals surface area (Å²) < 4.78 is 19.3. The number of halogens is 2. The molecule has 1 aliphatic rings. The van der Waals surface area contributed by atoms with Gasteiger partial charge in [-0.1, -0.05) is 11.6 Å². The third-order valence-electron chi connectivity index (χ3n) is 4.79. The van der Waals surface area contributed by atoms with Crippen LogP contribution in [0.1, 0.15) is 9.67 Å². The lowest BCUT2D eigenvalue weighted by molar-refractivity contribution is 0.0752. The zero-order chi connectivity index (χ0) is 19.0. The lowest BCUT2D eigenvalue weighted by Gasteiger charge is -2.36. The van der Waals surface area contributed by atoms with Crippen molar-refractivity contribution < 1.29 is 13.9 Å². The van der Waals surface area contributed by atoms with Gasteiger partial charge in [0, 0.05) is 42.0 Å². The van der Waals surface area contributed by atoms with Gasteiger partial charge in [-0.05, 0) is 42.5 Å². The van der Waals surface area contributed by atoms with Crippen LogP contribution in [0.2, 0.25) is 5.02 Å². The van der Waals surface area contributed by atoms with Crippen LogP contribution in [0.25, 0.3) is 10.1 Å². The highest BCUT2D eigenvalue weighted by atomic mass is 35.5. The standard InChI is InChI=1S/C20H18ClFN2O2S/c1-26-15-6-7-16-17(12-15)27-19(18(16)21)20(25)24-10-8-23(9-11-24)14-4-2-13(22)3-5-14/h2-7,12H,8-11H2,1H3. The van der Waals surface area contributed by atoms with Gasteiger partial charge >= 0.3 is 0 Å². The third-order valence-corrected chi connectivity index (χ3v) is 6.43. The maximum absolute atomic E-state index is 13.1. The van der Waals surface area contributed by atoms with Gasteiger partial charge < -0.3 is 14.5 Å². The van der Waals surface area contributed by atoms with Crippen molar-refractivity contribution in [3.8, 4) is 5.75 Å². The van der Waals surface area contributed by atoms with Crippen molar-refractivity contribution in [3.63, 3.8) is 0 Å². The second-order valence-corrected chi connectivity index (χ2v) is 7.79.